The maximum Gasteiger partial charge on any atom is 0.166 e. The number of benzene rings is 1. The van der Waals surface area contributed by atoms with Gasteiger partial charge in [0.15, 0.2) is 5.11 Å². The molecule has 1 heterocycles. The fourth-order valence-corrected chi connectivity index (χ4v) is 2.51. The topological polar surface area (TPSA) is 46.2 Å². The van der Waals surface area contributed by atoms with Crippen LogP contribution in [0.2, 0.25) is 0 Å². The highest BCUT2D eigenvalue weighted by Crippen LogP contribution is 2.22. The monoisotopic (exact) mass is 329 g/mol. The lowest BCUT2D eigenvalue weighted by molar-refractivity contribution is 0.283. The van der Waals surface area contributed by atoms with Crippen LogP contribution in [-0.2, 0) is 6.54 Å². The van der Waals surface area contributed by atoms with E-state index in [0.717, 1.165) is 22.4 Å². The van der Waals surface area contributed by atoms with Gasteiger partial charge in [-0.2, -0.15) is 0 Å². The van der Waals surface area contributed by atoms with Crippen molar-refractivity contribution in [3.63, 3.8) is 0 Å². The van der Waals surface area contributed by atoms with Gasteiger partial charge in [-0.3, -0.25) is 4.98 Å². The first kappa shape index (κ1) is 17.2. The number of hydrogen-bond donors (Lipinski definition) is 2. The van der Waals surface area contributed by atoms with Gasteiger partial charge in [0, 0.05) is 18.9 Å². The lowest BCUT2D eigenvalue weighted by atomic mass is 10.1. The summed E-state index contributed by atoms with van der Waals surface area (Å²) in [6.07, 6.45) is 3.58. The first-order valence-electron chi connectivity index (χ1n) is 7.68. The van der Waals surface area contributed by atoms with Crippen molar-refractivity contribution in [2.45, 2.75) is 33.4 Å². The summed E-state index contributed by atoms with van der Waals surface area (Å²) in [7, 11) is 0. The molecule has 0 aliphatic heterocycles. The van der Waals surface area contributed by atoms with Crippen molar-refractivity contribution in [1.82, 2.24) is 15.6 Å². The first-order valence-corrected chi connectivity index (χ1v) is 8.09. The molecule has 4 nitrogen and oxygen atoms in total. The van der Waals surface area contributed by atoms with Gasteiger partial charge < -0.3 is 15.4 Å². The number of nitrogens with zero attached hydrogens (tertiary/aromatic N) is 1. The molecule has 0 saturated carbocycles. The summed E-state index contributed by atoms with van der Waals surface area (Å²) in [6, 6.07) is 10.2. The van der Waals surface area contributed by atoms with E-state index in [-0.39, 0.29) is 6.04 Å². The zero-order valence-electron chi connectivity index (χ0n) is 13.8. The molecule has 23 heavy (non-hydrogen) atoms. The summed E-state index contributed by atoms with van der Waals surface area (Å²) < 4.78 is 5.93. The van der Waals surface area contributed by atoms with Crippen molar-refractivity contribution < 1.29 is 4.74 Å². The number of ether oxygens (including phenoxy) is 1. The average molecular weight is 329 g/mol. The molecule has 5 heteroatoms. The minimum Gasteiger partial charge on any atom is -0.491 e. The molecule has 2 rings (SSSR count). The molecule has 0 fully saturated rings. The summed E-state index contributed by atoms with van der Waals surface area (Å²) >= 11 is 5.31. The van der Waals surface area contributed by atoms with Crippen molar-refractivity contribution in [3.05, 3.63) is 59.4 Å². The Kier molecular flexibility index (Phi) is 6.35. The van der Waals surface area contributed by atoms with Crippen LogP contribution in [0.3, 0.4) is 0 Å². The van der Waals surface area contributed by atoms with E-state index in [0.29, 0.717) is 18.3 Å². The summed E-state index contributed by atoms with van der Waals surface area (Å²) in [4.78, 5) is 4.08. The third kappa shape index (κ3) is 5.53. The van der Waals surface area contributed by atoms with Gasteiger partial charge in [0.2, 0.25) is 0 Å². The molecular weight excluding hydrogens is 306 g/mol. The molecule has 2 aromatic rings. The van der Waals surface area contributed by atoms with Crippen LogP contribution in [0.5, 0.6) is 5.75 Å². The highest BCUT2D eigenvalue weighted by Gasteiger charge is 2.08. The molecule has 0 amide bonds. The summed E-state index contributed by atoms with van der Waals surface area (Å²) in [5.41, 5.74) is 3.39. The molecule has 0 saturated heterocycles. The molecule has 1 atom stereocenters. The molecule has 0 aliphatic carbocycles. The number of rotatable bonds is 6. The Balaban J connectivity index is 1.76. The molecule has 0 bridgehead atoms. The van der Waals surface area contributed by atoms with Crippen LogP contribution in [0.15, 0.2) is 42.7 Å². The zero-order chi connectivity index (χ0) is 16.7. The smallest absolute Gasteiger partial charge is 0.166 e. The lowest BCUT2D eigenvalue weighted by Crippen LogP contribution is -2.42. The average Bonchev–Trinajstić information content (AvgIpc) is 2.53. The van der Waals surface area contributed by atoms with E-state index >= 15 is 0 Å². The number of aryl methyl sites for hydroxylation is 2. The number of aromatic nitrogens is 1. The van der Waals surface area contributed by atoms with Crippen LogP contribution in [0.25, 0.3) is 0 Å². The quantitative estimate of drug-likeness (QED) is 0.797. The minimum absolute atomic E-state index is 0.114. The van der Waals surface area contributed by atoms with Gasteiger partial charge in [0.1, 0.15) is 12.4 Å². The van der Waals surface area contributed by atoms with Gasteiger partial charge in [0.25, 0.3) is 0 Å². The second-order valence-corrected chi connectivity index (χ2v) is 6.03. The van der Waals surface area contributed by atoms with Gasteiger partial charge in [0.05, 0.1) is 6.04 Å². The van der Waals surface area contributed by atoms with E-state index in [1.165, 1.54) is 0 Å². The molecule has 2 N–H and O–H groups in total. The standard InChI is InChI=1S/C18H23N3OS/c1-13-6-4-7-14(2)17(13)22-12-15(3)21-18(23)20-11-16-8-5-9-19-10-16/h4-10,15H,11-12H2,1-3H3,(H2,20,21,23). The van der Waals surface area contributed by atoms with E-state index in [1.807, 2.05) is 31.3 Å². The summed E-state index contributed by atoms with van der Waals surface area (Å²) in [6.45, 7) is 7.37. The number of para-hydroxylation sites is 1. The third-order valence-corrected chi connectivity index (χ3v) is 3.70. The Labute approximate surface area is 143 Å². The molecule has 0 spiro atoms. The van der Waals surface area contributed by atoms with E-state index < -0.39 is 0 Å². The summed E-state index contributed by atoms with van der Waals surface area (Å²) in [5, 5.41) is 7.03. The van der Waals surface area contributed by atoms with Gasteiger partial charge in [-0.1, -0.05) is 24.3 Å². The fraction of sp³-hybridized carbons (Fsp3) is 0.333. The van der Waals surface area contributed by atoms with Crippen LogP contribution in [-0.4, -0.2) is 22.7 Å². The normalized spacial score (nSPS) is 11.6. The molecular formula is C18H23N3OS. The van der Waals surface area contributed by atoms with Crippen molar-refractivity contribution in [2.75, 3.05) is 6.61 Å². The van der Waals surface area contributed by atoms with Crippen molar-refractivity contribution in [3.8, 4) is 5.75 Å². The highest BCUT2D eigenvalue weighted by molar-refractivity contribution is 7.80. The predicted octanol–water partition coefficient (Wildman–Crippen LogP) is 3.13. The van der Waals surface area contributed by atoms with Crippen LogP contribution >= 0.6 is 12.2 Å². The van der Waals surface area contributed by atoms with Crippen LogP contribution in [0, 0.1) is 13.8 Å². The van der Waals surface area contributed by atoms with E-state index in [2.05, 4.69) is 41.6 Å². The Morgan fingerprint density at radius 2 is 1.96 bits per heavy atom. The Bertz CT molecular complexity index is 626. The number of thiocarbonyl (C=S) groups is 1. The number of nitrogens with one attached hydrogen (secondary N) is 2. The predicted molar refractivity (Wildman–Crippen MR) is 97.7 cm³/mol. The number of pyridine rings is 1. The lowest BCUT2D eigenvalue weighted by Gasteiger charge is -2.19. The maximum atomic E-state index is 5.93. The van der Waals surface area contributed by atoms with Crippen molar-refractivity contribution in [2.24, 2.45) is 0 Å². The molecule has 1 aromatic heterocycles. The Morgan fingerprint density at radius 1 is 1.22 bits per heavy atom. The molecule has 1 aromatic carbocycles. The molecule has 0 aliphatic rings. The maximum absolute atomic E-state index is 5.93. The van der Waals surface area contributed by atoms with Gasteiger partial charge in [-0.05, 0) is 55.7 Å². The van der Waals surface area contributed by atoms with E-state index in [9.17, 15) is 0 Å². The van der Waals surface area contributed by atoms with E-state index in [4.69, 9.17) is 17.0 Å². The van der Waals surface area contributed by atoms with E-state index in [1.54, 1.807) is 6.20 Å². The van der Waals surface area contributed by atoms with Gasteiger partial charge >= 0.3 is 0 Å². The van der Waals surface area contributed by atoms with Crippen LogP contribution in [0.4, 0.5) is 0 Å². The largest absolute Gasteiger partial charge is 0.491 e. The Morgan fingerprint density at radius 3 is 2.61 bits per heavy atom. The second-order valence-electron chi connectivity index (χ2n) is 5.62. The Hall–Kier alpha value is -2.14. The van der Waals surface area contributed by atoms with Crippen molar-refractivity contribution in [1.29, 1.82) is 0 Å². The minimum atomic E-state index is 0.114. The van der Waals surface area contributed by atoms with Gasteiger partial charge in [-0.25, -0.2) is 0 Å². The first-order chi connectivity index (χ1) is 11.1. The van der Waals surface area contributed by atoms with Crippen LogP contribution < -0.4 is 15.4 Å². The van der Waals surface area contributed by atoms with Crippen LogP contribution in [0.1, 0.15) is 23.6 Å². The zero-order valence-corrected chi connectivity index (χ0v) is 14.6. The second kappa shape index (κ2) is 8.48. The van der Waals surface area contributed by atoms with Crippen molar-refractivity contribution >= 4 is 17.3 Å². The summed E-state index contributed by atoms with van der Waals surface area (Å²) in [5.74, 6) is 0.954. The SMILES string of the molecule is Cc1cccc(C)c1OCC(C)NC(=S)NCc1cccnc1. The third-order valence-electron chi connectivity index (χ3n) is 3.44. The number of hydrogen-bond acceptors (Lipinski definition) is 3. The fourth-order valence-electron chi connectivity index (χ4n) is 2.24. The van der Waals surface area contributed by atoms with Gasteiger partial charge in [-0.15, -0.1) is 0 Å². The molecule has 1 unspecified atom stereocenters. The highest BCUT2D eigenvalue weighted by atomic mass is 32.1. The molecule has 122 valence electrons. The molecule has 0 radical (unpaired) electrons.